The zero-order valence-corrected chi connectivity index (χ0v) is 20.3. The second-order valence-electron chi connectivity index (χ2n) is 6.46. The molecule has 0 amide bonds. The molecule has 1 aromatic carbocycles. The van der Waals surface area contributed by atoms with Crippen molar-refractivity contribution in [2.45, 2.75) is 46.7 Å². The Hall–Kier alpha value is -2.03. The molecule has 2 rings (SSSR count). The molecule has 160 valence electrons. The van der Waals surface area contributed by atoms with Crippen molar-refractivity contribution in [3.8, 4) is 5.75 Å². The number of aryl methyl sites for hydroxylation is 2. The summed E-state index contributed by atoms with van der Waals surface area (Å²) in [7, 11) is 2.01. The minimum Gasteiger partial charge on any atom is -0.489 e. The second kappa shape index (κ2) is 13.2. The van der Waals surface area contributed by atoms with Gasteiger partial charge in [-0.05, 0) is 25.8 Å². The maximum absolute atomic E-state index is 5.73. The third-order valence-corrected chi connectivity index (χ3v) is 4.54. The highest BCUT2D eigenvalue weighted by molar-refractivity contribution is 14.0. The van der Waals surface area contributed by atoms with Crippen LogP contribution in [0.3, 0.4) is 0 Å². The third kappa shape index (κ3) is 7.06. The van der Waals surface area contributed by atoms with Gasteiger partial charge in [-0.25, -0.2) is 4.99 Å². The molecule has 7 heteroatoms. The van der Waals surface area contributed by atoms with Gasteiger partial charge in [0, 0.05) is 37.0 Å². The van der Waals surface area contributed by atoms with Crippen molar-refractivity contribution in [2.24, 2.45) is 12.0 Å². The maximum atomic E-state index is 5.73. The number of halogens is 1. The van der Waals surface area contributed by atoms with E-state index in [4.69, 9.17) is 9.73 Å². The van der Waals surface area contributed by atoms with Crippen LogP contribution < -0.4 is 15.4 Å². The van der Waals surface area contributed by atoms with Gasteiger partial charge in [-0.3, -0.25) is 4.68 Å². The van der Waals surface area contributed by atoms with Crippen LogP contribution in [0.5, 0.6) is 5.75 Å². The second-order valence-corrected chi connectivity index (χ2v) is 6.46. The first-order chi connectivity index (χ1) is 13.6. The van der Waals surface area contributed by atoms with Crippen LogP contribution in [0.25, 0.3) is 0 Å². The van der Waals surface area contributed by atoms with Gasteiger partial charge in [0.1, 0.15) is 12.4 Å². The minimum absolute atomic E-state index is 0. The molecule has 0 unspecified atom stereocenters. The lowest BCUT2D eigenvalue weighted by Crippen LogP contribution is -2.37. The van der Waals surface area contributed by atoms with Crippen LogP contribution in [0.4, 0.5) is 0 Å². The topological polar surface area (TPSA) is 63.5 Å². The molecule has 0 atom stereocenters. The lowest BCUT2D eigenvalue weighted by Gasteiger charge is -2.13. The average Bonchev–Trinajstić information content (AvgIpc) is 3.03. The van der Waals surface area contributed by atoms with E-state index in [9.17, 15) is 0 Å². The van der Waals surface area contributed by atoms with Gasteiger partial charge in [-0.2, -0.15) is 5.10 Å². The summed E-state index contributed by atoms with van der Waals surface area (Å²) < 4.78 is 7.73. The fourth-order valence-electron chi connectivity index (χ4n) is 3.20. The third-order valence-electron chi connectivity index (χ3n) is 4.54. The molecule has 0 aliphatic carbocycles. The maximum Gasteiger partial charge on any atom is 0.191 e. The molecule has 1 aromatic heterocycles. The Balaban J connectivity index is 0.00000420. The Morgan fingerprint density at radius 3 is 2.62 bits per heavy atom. The molecular formula is C22H34IN5O. The summed E-state index contributed by atoms with van der Waals surface area (Å²) in [4.78, 5) is 4.75. The fourth-order valence-corrected chi connectivity index (χ4v) is 3.20. The highest BCUT2D eigenvalue weighted by Crippen LogP contribution is 2.19. The van der Waals surface area contributed by atoms with E-state index in [0.717, 1.165) is 42.4 Å². The molecule has 29 heavy (non-hydrogen) atoms. The number of aliphatic imine (C=N–C) groups is 1. The average molecular weight is 511 g/mol. The van der Waals surface area contributed by atoms with Crippen molar-refractivity contribution in [2.75, 3.05) is 13.2 Å². The number of guanidine groups is 1. The molecule has 0 bridgehead atoms. The van der Waals surface area contributed by atoms with Crippen LogP contribution in [0.15, 0.2) is 41.9 Å². The summed E-state index contributed by atoms with van der Waals surface area (Å²) in [6, 6.07) is 7.97. The summed E-state index contributed by atoms with van der Waals surface area (Å²) in [6.07, 6.45) is 3.63. The number of para-hydroxylation sites is 1. The monoisotopic (exact) mass is 511 g/mol. The molecule has 0 aliphatic heterocycles. The van der Waals surface area contributed by atoms with Crippen molar-refractivity contribution in [1.29, 1.82) is 0 Å². The highest BCUT2D eigenvalue weighted by atomic mass is 127. The van der Waals surface area contributed by atoms with Gasteiger partial charge in [-0.1, -0.05) is 44.7 Å². The van der Waals surface area contributed by atoms with Crippen molar-refractivity contribution in [3.05, 3.63) is 59.4 Å². The largest absolute Gasteiger partial charge is 0.489 e. The number of hydrogen-bond donors (Lipinski definition) is 2. The molecule has 1 heterocycles. The summed E-state index contributed by atoms with van der Waals surface area (Å²) in [5.41, 5.74) is 4.73. The van der Waals surface area contributed by atoms with E-state index in [-0.39, 0.29) is 24.0 Å². The number of nitrogens with zero attached hydrogens (tertiary/aromatic N) is 3. The summed E-state index contributed by atoms with van der Waals surface area (Å²) in [6.45, 7) is 12.6. The number of aromatic nitrogens is 2. The van der Waals surface area contributed by atoms with E-state index in [2.05, 4.69) is 43.1 Å². The molecule has 0 radical (unpaired) electrons. The molecule has 0 fully saturated rings. The summed E-state index contributed by atoms with van der Waals surface area (Å²) >= 11 is 0. The lowest BCUT2D eigenvalue weighted by molar-refractivity contribution is 0.359. The smallest absolute Gasteiger partial charge is 0.191 e. The molecule has 0 spiro atoms. The van der Waals surface area contributed by atoms with Crippen LogP contribution in [0, 0.1) is 0 Å². The van der Waals surface area contributed by atoms with Crippen LogP contribution in [-0.2, 0) is 33.0 Å². The van der Waals surface area contributed by atoms with Crippen molar-refractivity contribution in [3.63, 3.8) is 0 Å². The van der Waals surface area contributed by atoms with Crippen LogP contribution >= 0.6 is 24.0 Å². The number of benzene rings is 1. The number of nitrogens with one attached hydrogen (secondary N) is 2. The zero-order chi connectivity index (χ0) is 20.4. The van der Waals surface area contributed by atoms with Gasteiger partial charge in [0.25, 0.3) is 0 Å². The quantitative estimate of drug-likeness (QED) is 0.219. The molecule has 6 nitrogen and oxygen atoms in total. The first-order valence-corrected chi connectivity index (χ1v) is 10.0. The zero-order valence-electron chi connectivity index (χ0n) is 18.0. The Morgan fingerprint density at radius 1 is 1.21 bits per heavy atom. The van der Waals surface area contributed by atoms with Gasteiger partial charge in [0.15, 0.2) is 5.96 Å². The van der Waals surface area contributed by atoms with Crippen molar-refractivity contribution >= 4 is 29.9 Å². The summed E-state index contributed by atoms with van der Waals surface area (Å²) in [5, 5.41) is 11.4. The van der Waals surface area contributed by atoms with Gasteiger partial charge < -0.3 is 15.4 Å². The van der Waals surface area contributed by atoms with E-state index >= 15 is 0 Å². The number of rotatable bonds is 10. The van der Waals surface area contributed by atoms with E-state index in [0.29, 0.717) is 19.7 Å². The van der Waals surface area contributed by atoms with E-state index in [1.807, 2.05) is 36.0 Å². The first-order valence-electron chi connectivity index (χ1n) is 10.0. The van der Waals surface area contributed by atoms with Crippen LogP contribution in [-0.4, -0.2) is 28.9 Å². The van der Waals surface area contributed by atoms with Crippen LogP contribution in [0.1, 0.15) is 43.3 Å². The first kappa shape index (κ1) is 25.0. The van der Waals surface area contributed by atoms with Crippen molar-refractivity contribution < 1.29 is 4.74 Å². The SMILES string of the molecule is C=CCOc1ccccc1CN=C(NCC)NCc1c(CC)nn(C)c1CC.I. The van der Waals surface area contributed by atoms with E-state index in [1.165, 1.54) is 11.3 Å². The molecule has 0 saturated heterocycles. The van der Waals surface area contributed by atoms with Gasteiger partial charge >= 0.3 is 0 Å². The Kier molecular flexibility index (Phi) is 11.4. The molecule has 0 aliphatic rings. The van der Waals surface area contributed by atoms with E-state index < -0.39 is 0 Å². The Bertz CT molecular complexity index is 800. The minimum atomic E-state index is 0. The van der Waals surface area contributed by atoms with Gasteiger partial charge in [-0.15, -0.1) is 24.0 Å². The van der Waals surface area contributed by atoms with Gasteiger partial charge in [0.05, 0.1) is 12.2 Å². The summed E-state index contributed by atoms with van der Waals surface area (Å²) in [5.74, 6) is 1.63. The van der Waals surface area contributed by atoms with Crippen LogP contribution in [0.2, 0.25) is 0 Å². The Morgan fingerprint density at radius 2 is 1.97 bits per heavy atom. The normalized spacial score (nSPS) is 11.0. The predicted octanol–water partition coefficient (Wildman–Crippen LogP) is 3.98. The lowest BCUT2D eigenvalue weighted by atomic mass is 10.1. The van der Waals surface area contributed by atoms with Gasteiger partial charge in [0.2, 0.25) is 0 Å². The molecule has 2 aromatic rings. The Labute approximate surface area is 191 Å². The molecule has 0 saturated carbocycles. The fraction of sp³-hybridized carbons (Fsp3) is 0.455. The molecular weight excluding hydrogens is 477 g/mol. The van der Waals surface area contributed by atoms with Crippen molar-refractivity contribution in [1.82, 2.24) is 20.4 Å². The predicted molar refractivity (Wildman–Crippen MR) is 131 cm³/mol. The molecule has 2 N–H and O–H groups in total. The standard InChI is InChI=1S/C22H33N5O.HI/c1-6-14-28-21-13-11-10-12-17(21)15-24-22(23-9-4)25-16-18-19(7-2)26-27(5)20(18)8-3;/h6,10-13H,1,7-9,14-16H2,2-5H3,(H2,23,24,25);1H. The number of ether oxygens (including phenoxy) is 1. The highest BCUT2D eigenvalue weighted by Gasteiger charge is 2.14. The number of hydrogen-bond acceptors (Lipinski definition) is 3. The van der Waals surface area contributed by atoms with E-state index in [1.54, 1.807) is 6.08 Å².